The van der Waals surface area contributed by atoms with Gasteiger partial charge in [0.25, 0.3) is 5.91 Å². The van der Waals surface area contributed by atoms with E-state index in [4.69, 9.17) is 0 Å². The molecule has 0 aliphatic rings. The summed E-state index contributed by atoms with van der Waals surface area (Å²) in [6.45, 7) is 1.75. The van der Waals surface area contributed by atoms with E-state index < -0.39 is 0 Å². The highest BCUT2D eigenvalue weighted by Crippen LogP contribution is 2.09. The molecule has 0 atom stereocenters. The number of rotatable bonds is 1. The standard InChI is InChI=1S/C7H10N2O2S/c1-4-5(6(10)8-2)12-7(11)9(4)3/h1-3H3,(H,8,10). The summed E-state index contributed by atoms with van der Waals surface area (Å²) in [4.78, 5) is 22.6. The lowest BCUT2D eigenvalue weighted by Crippen LogP contribution is -2.17. The average molecular weight is 186 g/mol. The second-order valence-electron chi connectivity index (χ2n) is 2.42. The average Bonchev–Trinajstić information content (AvgIpc) is 2.32. The van der Waals surface area contributed by atoms with Gasteiger partial charge in [-0.1, -0.05) is 11.3 Å². The maximum Gasteiger partial charge on any atom is 0.307 e. The van der Waals surface area contributed by atoms with Gasteiger partial charge in [0.2, 0.25) is 0 Å². The maximum atomic E-state index is 11.1. The number of nitrogens with one attached hydrogen (secondary N) is 1. The molecule has 1 heterocycles. The van der Waals surface area contributed by atoms with Gasteiger partial charge in [0.1, 0.15) is 4.88 Å². The van der Waals surface area contributed by atoms with Crippen LogP contribution in [0.1, 0.15) is 15.4 Å². The number of thiazole rings is 1. The SMILES string of the molecule is CNC(=O)c1sc(=O)n(C)c1C. The van der Waals surface area contributed by atoms with Crippen LogP contribution in [0, 0.1) is 6.92 Å². The molecule has 0 aliphatic heterocycles. The van der Waals surface area contributed by atoms with E-state index in [1.807, 2.05) is 0 Å². The summed E-state index contributed by atoms with van der Waals surface area (Å²) in [6.07, 6.45) is 0. The van der Waals surface area contributed by atoms with Crippen molar-refractivity contribution in [1.29, 1.82) is 0 Å². The van der Waals surface area contributed by atoms with Crippen molar-refractivity contribution in [2.45, 2.75) is 6.92 Å². The zero-order chi connectivity index (χ0) is 9.30. The second-order valence-corrected chi connectivity index (χ2v) is 3.38. The minimum absolute atomic E-state index is 0.105. The lowest BCUT2D eigenvalue weighted by molar-refractivity contribution is 0.0966. The summed E-state index contributed by atoms with van der Waals surface area (Å²) in [5, 5.41) is 2.48. The number of carbonyl (C=O) groups is 1. The molecule has 0 unspecified atom stereocenters. The molecular weight excluding hydrogens is 176 g/mol. The Morgan fingerprint density at radius 1 is 1.58 bits per heavy atom. The van der Waals surface area contributed by atoms with E-state index >= 15 is 0 Å². The fourth-order valence-electron chi connectivity index (χ4n) is 0.843. The fraction of sp³-hybridized carbons (Fsp3) is 0.429. The van der Waals surface area contributed by atoms with Gasteiger partial charge >= 0.3 is 4.87 Å². The van der Waals surface area contributed by atoms with Gasteiger partial charge in [-0.15, -0.1) is 0 Å². The molecule has 12 heavy (non-hydrogen) atoms. The number of carbonyl (C=O) groups excluding carboxylic acids is 1. The molecule has 5 heteroatoms. The molecule has 1 N–H and O–H groups in total. The van der Waals surface area contributed by atoms with Crippen LogP contribution in [-0.2, 0) is 7.05 Å². The van der Waals surface area contributed by atoms with E-state index in [9.17, 15) is 9.59 Å². The summed E-state index contributed by atoms with van der Waals surface area (Å²) in [5.41, 5.74) is 0.712. The molecule has 0 aliphatic carbocycles. The Balaban J connectivity index is 3.27. The zero-order valence-corrected chi connectivity index (χ0v) is 7.99. The predicted molar refractivity (Wildman–Crippen MR) is 47.7 cm³/mol. The first kappa shape index (κ1) is 8.99. The van der Waals surface area contributed by atoms with Crippen molar-refractivity contribution in [2.24, 2.45) is 7.05 Å². The minimum Gasteiger partial charge on any atom is -0.354 e. The van der Waals surface area contributed by atoms with E-state index in [0.29, 0.717) is 10.6 Å². The van der Waals surface area contributed by atoms with Gasteiger partial charge < -0.3 is 9.88 Å². The van der Waals surface area contributed by atoms with Gasteiger partial charge in [-0.2, -0.15) is 0 Å². The Morgan fingerprint density at radius 3 is 2.50 bits per heavy atom. The quantitative estimate of drug-likeness (QED) is 0.677. The predicted octanol–water partition coefficient (Wildman–Crippen LogP) is 0.115. The van der Waals surface area contributed by atoms with Crippen LogP contribution in [0.25, 0.3) is 0 Å². The molecule has 1 rings (SSSR count). The molecule has 4 nitrogen and oxygen atoms in total. The number of nitrogens with zero attached hydrogens (tertiary/aromatic N) is 1. The molecule has 0 aromatic carbocycles. The van der Waals surface area contributed by atoms with Gasteiger partial charge in [-0.3, -0.25) is 9.59 Å². The van der Waals surface area contributed by atoms with Gasteiger partial charge in [0, 0.05) is 19.8 Å². The summed E-state index contributed by atoms with van der Waals surface area (Å²) < 4.78 is 1.47. The van der Waals surface area contributed by atoms with Crippen molar-refractivity contribution in [3.63, 3.8) is 0 Å². The van der Waals surface area contributed by atoms with Crippen molar-refractivity contribution in [3.8, 4) is 0 Å². The lowest BCUT2D eigenvalue weighted by atomic mass is 10.4. The molecule has 0 saturated heterocycles. The van der Waals surface area contributed by atoms with Crippen molar-refractivity contribution >= 4 is 17.2 Å². The number of aromatic nitrogens is 1. The Bertz CT molecular complexity index is 364. The van der Waals surface area contributed by atoms with Crippen LogP contribution >= 0.6 is 11.3 Å². The van der Waals surface area contributed by atoms with Crippen molar-refractivity contribution in [1.82, 2.24) is 9.88 Å². The third-order valence-electron chi connectivity index (χ3n) is 1.73. The Hall–Kier alpha value is -1.10. The molecule has 0 spiro atoms. The highest BCUT2D eigenvalue weighted by Gasteiger charge is 2.13. The highest BCUT2D eigenvalue weighted by molar-refractivity contribution is 7.11. The Morgan fingerprint density at radius 2 is 2.17 bits per heavy atom. The van der Waals surface area contributed by atoms with Crippen LogP contribution in [0.5, 0.6) is 0 Å². The van der Waals surface area contributed by atoms with Gasteiger partial charge in [-0.05, 0) is 6.92 Å². The first-order valence-corrected chi connectivity index (χ1v) is 4.28. The maximum absolute atomic E-state index is 11.1. The molecule has 1 aromatic heterocycles. The summed E-state index contributed by atoms with van der Waals surface area (Å²) in [7, 11) is 3.20. The topological polar surface area (TPSA) is 51.1 Å². The van der Waals surface area contributed by atoms with Crippen LogP contribution in [0.4, 0.5) is 0 Å². The van der Waals surface area contributed by atoms with Crippen LogP contribution in [0.15, 0.2) is 4.79 Å². The van der Waals surface area contributed by atoms with E-state index in [2.05, 4.69) is 5.32 Å². The van der Waals surface area contributed by atoms with Gasteiger partial charge in [0.05, 0.1) is 0 Å². The summed E-state index contributed by atoms with van der Waals surface area (Å²) >= 11 is 0.969. The smallest absolute Gasteiger partial charge is 0.307 e. The van der Waals surface area contributed by atoms with Crippen molar-refractivity contribution in [2.75, 3.05) is 7.05 Å². The minimum atomic E-state index is -0.199. The van der Waals surface area contributed by atoms with E-state index in [1.54, 1.807) is 21.0 Å². The zero-order valence-electron chi connectivity index (χ0n) is 7.17. The monoisotopic (exact) mass is 186 g/mol. The molecule has 0 fully saturated rings. The van der Waals surface area contributed by atoms with Gasteiger partial charge in [0.15, 0.2) is 0 Å². The molecule has 66 valence electrons. The number of hydrogen-bond donors (Lipinski definition) is 1. The summed E-state index contributed by atoms with van der Waals surface area (Å²) in [6, 6.07) is 0. The van der Waals surface area contributed by atoms with Gasteiger partial charge in [-0.25, -0.2) is 0 Å². The summed E-state index contributed by atoms with van der Waals surface area (Å²) in [5.74, 6) is -0.199. The molecule has 1 amide bonds. The third kappa shape index (κ3) is 1.27. The number of hydrogen-bond acceptors (Lipinski definition) is 3. The van der Waals surface area contributed by atoms with Crippen LogP contribution in [-0.4, -0.2) is 17.5 Å². The first-order valence-electron chi connectivity index (χ1n) is 3.46. The van der Waals surface area contributed by atoms with Crippen LogP contribution in [0.3, 0.4) is 0 Å². The number of amides is 1. The van der Waals surface area contributed by atoms with E-state index in [0.717, 1.165) is 11.3 Å². The first-order chi connectivity index (χ1) is 5.57. The molecular formula is C7H10N2O2S. The molecule has 1 aromatic rings. The molecule has 0 saturated carbocycles. The second kappa shape index (κ2) is 3.10. The van der Waals surface area contributed by atoms with Crippen LogP contribution < -0.4 is 10.2 Å². The van der Waals surface area contributed by atoms with Crippen molar-refractivity contribution < 1.29 is 4.79 Å². The van der Waals surface area contributed by atoms with Crippen molar-refractivity contribution in [3.05, 3.63) is 20.2 Å². The Labute approximate surface area is 73.8 Å². The van der Waals surface area contributed by atoms with Crippen LogP contribution in [0.2, 0.25) is 0 Å². The lowest BCUT2D eigenvalue weighted by Gasteiger charge is -1.97. The van der Waals surface area contributed by atoms with E-state index in [1.165, 1.54) is 4.57 Å². The highest BCUT2D eigenvalue weighted by atomic mass is 32.1. The normalized spacial score (nSPS) is 9.92. The van der Waals surface area contributed by atoms with E-state index in [-0.39, 0.29) is 10.8 Å². The Kier molecular flexibility index (Phi) is 2.32. The molecule has 0 radical (unpaired) electrons. The fourth-order valence-corrected chi connectivity index (χ4v) is 1.77. The molecule has 0 bridgehead atoms. The third-order valence-corrected chi connectivity index (χ3v) is 2.86. The largest absolute Gasteiger partial charge is 0.354 e.